The van der Waals surface area contributed by atoms with Crippen LogP contribution in [-0.4, -0.2) is 34.8 Å². The van der Waals surface area contributed by atoms with Gasteiger partial charge in [-0.05, 0) is 6.42 Å². The number of alkyl halides is 3. The largest absolute Gasteiger partial charge is 0.468 e. The second-order valence-corrected chi connectivity index (χ2v) is 4.16. The van der Waals surface area contributed by atoms with E-state index in [1.165, 1.54) is 13.4 Å². The third kappa shape index (κ3) is 8.79. The number of rotatable bonds is 6. The van der Waals surface area contributed by atoms with Crippen LogP contribution in [0, 0.1) is 0 Å². The van der Waals surface area contributed by atoms with Crippen molar-refractivity contribution in [2.75, 3.05) is 7.11 Å². The Morgan fingerprint density at radius 3 is 2.62 bits per heavy atom. The maximum atomic E-state index is 12.0. The molecular formula is C11H18Cl2F3N3O2. The number of nitrogens with zero attached hydrogens (tertiary/aromatic N) is 2. The summed E-state index contributed by atoms with van der Waals surface area (Å²) >= 11 is 0. The van der Waals surface area contributed by atoms with E-state index in [1.54, 1.807) is 10.8 Å². The zero-order valence-electron chi connectivity index (χ0n) is 11.3. The molecular weight excluding hydrogens is 334 g/mol. The van der Waals surface area contributed by atoms with E-state index in [0.29, 0.717) is 5.69 Å². The van der Waals surface area contributed by atoms with Gasteiger partial charge in [-0.1, -0.05) is 0 Å². The highest BCUT2D eigenvalue weighted by Crippen LogP contribution is 2.21. The molecule has 1 heterocycles. The number of carbonyl (C=O) groups is 1. The van der Waals surface area contributed by atoms with Gasteiger partial charge in [0.25, 0.3) is 0 Å². The van der Waals surface area contributed by atoms with E-state index >= 15 is 0 Å². The van der Waals surface area contributed by atoms with Gasteiger partial charge in [0.2, 0.25) is 0 Å². The molecule has 0 bridgehead atoms. The van der Waals surface area contributed by atoms with Crippen LogP contribution in [0.4, 0.5) is 13.2 Å². The number of imidazole rings is 1. The molecule has 0 fully saturated rings. The molecule has 0 aliphatic rings. The number of aryl methyl sites for hydroxylation is 1. The number of ether oxygens (including phenoxy) is 1. The number of aromatic nitrogens is 2. The fourth-order valence-corrected chi connectivity index (χ4v) is 1.56. The average molecular weight is 352 g/mol. The first kappa shape index (κ1) is 22.3. The van der Waals surface area contributed by atoms with Crippen LogP contribution in [0.3, 0.4) is 0 Å². The summed E-state index contributed by atoms with van der Waals surface area (Å²) in [5, 5.41) is 0. The predicted octanol–water partition coefficient (Wildman–Crippen LogP) is 2.11. The van der Waals surface area contributed by atoms with E-state index in [1.807, 2.05) is 0 Å². The molecule has 0 aromatic carbocycles. The smallest absolute Gasteiger partial charge is 0.389 e. The highest BCUT2D eigenvalue weighted by Gasteiger charge is 2.26. The minimum absolute atomic E-state index is 0. The Hall–Kier alpha value is -0.990. The Labute approximate surface area is 132 Å². The molecule has 21 heavy (non-hydrogen) atoms. The van der Waals surface area contributed by atoms with Crippen molar-refractivity contribution in [1.82, 2.24) is 9.55 Å². The predicted molar refractivity (Wildman–Crippen MR) is 75.7 cm³/mol. The van der Waals surface area contributed by atoms with Gasteiger partial charge in [0, 0.05) is 25.6 Å². The van der Waals surface area contributed by atoms with Crippen molar-refractivity contribution in [2.24, 2.45) is 5.73 Å². The zero-order valence-corrected chi connectivity index (χ0v) is 12.9. The van der Waals surface area contributed by atoms with Crippen molar-refractivity contribution in [3.63, 3.8) is 0 Å². The number of hydrogen-bond acceptors (Lipinski definition) is 4. The Kier molecular flexibility index (Phi) is 10.5. The van der Waals surface area contributed by atoms with E-state index in [-0.39, 0.29) is 44.2 Å². The van der Waals surface area contributed by atoms with Crippen LogP contribution < -0.4 is 5.73 Å². The maximum absolute atomic E-state index is 12.0. The highest BCUT2D eigenvalue weighted by molar-refractivity contribution is 5.85. The monoisotopic (exact) mass is 351 g/mol. The summed E-state index contributed by atoms with van der Waals surface area (Å²) in [5.74, 6) is -0.549. The van der Waals surface area contributed by atoms with Crippen molar-refractivity contribution in [3.05, 3.63) is 18.2 Å². The third-order valence-corrected chi connectivity index (χ3v) is 2.50. The van der Waals surface area contributed by atoms with Crippen molar-refractivity contribution < 1.29 is 22.7 Å². The molecule has 0 spiro atoms. The summed E-state index contributed by atoms with van der Waals surface area (Å²) in [6.07, 6.45) is -1.78. The molecule has 1 aromatic rings. The van der Waals surface area contributed by atoms with Crippen molar-refractivity contribution in [1.29, 1.82) is 0 Å². The van der Waals surface area contributed by atoms with Crippen LogP contribution in [0.2, 0.25) is 0 Å². The van der Waals surface area contributed by atoms with Crippen LogP contribution in [0.25, 0.3) is 0 Å². The quantitative estimate of drug-likeness (QED) is 0.797. The molecule has 0 radical (unpaired) electrons. The number of esters is 1. The van der Waals surface area contributed by atoms with Crippen LogP contribution >= 0.6 is 24.8 Å². The van der Waals surface area contributed by atoms with Gasteiger partial charge in [-0.15, -0.1) is 24.8 Å². The van der Waals surface area contributed by atoms with E-state index in [4.69, 9.17) is 5.73 Å². The molecule has 124 valence electrons. The van der Waals surface area contributed by atoms with Crippen molar-refractivity contribution >= 4 is 30.8 Å². The number of hydrogen-bond donors (Lipinski definition) is 1. The van der Waals surface area contributed by atoms with Gasteiger partial charge in [0.1, 0.15) is 6.04 Å². The Balaban J connectivity index is 0. The van der Waals surface area contributed by atoms with Gasteiger partial charge < -0.3 is 15.0 Å². The summed E-state index contributed by atoms with van der Waals surface area (Å²) in [6, 6.07) is -0.816. The first-order valence-corrected chi connectivity index (χ1v) is 5.72. The molecule has 0 saturated carbocycles. The van der Waals surface area contributed by atoms with Crippen molar-refractivity contribution in [2.45, 2.75) is 38.0 Å². The van der Waals surface area contributed by atoms with Crippen LogP contribution in [0.1, 0.15) is 18.5 Å². The van der Waals surface area contributed by atoms with Crippen LogP contribution in [0.5, 0.6) is 0 Å². The number of nitrogens with two attached hydrogens (primary N) is 1. The molecule has 2 N–H and O–H groups in total. The Morgan fingerprint density at radius 1 is 1.48 bits per heavy atom. The fourth-order valence-electron chi connectivity index (χ4n) is 1.56. The van der Waals surface area contributed by atoms with E-state index < -0.39 is 24.6 Å². The van der Waals surface area contributed by atoms with Gasteiger partial charge in [0.15, 0.2) is 0 Å². The van der Waals surface area contributed by atoms with Crippen LogP contribution in [-0.2, 0) is 22.5 Å². The second-order valence-electron chi connectivity index (χ2n) is 4.16. The second kappa shape index (κ2) is 9.86. The van der Waals surface area contributed by atoms with Gasteiger partial charge in [-0.3, -0.25) is 4.79 Å². The lowest BCUT2D eigenvalue weighted by atomic mass is 10.2. The summed E-state index contributed by atoms with van der Waals surface area (Å²) < 4.78 is 41.9. The lowest BCUT2D eigenvalue weighted by Gasteiger charge is -2.07. The molecule has 1 aromatic heterocycles. The standard InChI is InChI=1S/C11H16F3N3O2.2ClH/c1-19-10(18)9(15)5-8-6-17(7-16-8)4-2-3-11(12,13)14;;/h6-7,9H,2-5,15H2,1H3;2*1H/t9-;;/m0../s1. The SMILES string of the molecule is COC(=O)[C@@H](N)Cc1cn(CCCC(F)(F)F)cn1.Cl.Cl. The molecule has 0 aliphatic heterocycles. The third-order valence-electron chi connectivity index (χ3n) is 2.50. The Morgan fingerprint density at radius 2 is 2.10 bits per heavy atom. The first-order valence-electron chi connectivity index (χ1n) is 5.72. The van der Waals surface area contributed by atoms with E-state index in [2.05, 4.69) is 9.72 Å². The molecule has 10 heteroatoms. The van der Waals surface area contributed by atoms with Gasteiger partial charge in [-0.2, -0.15) is 13.2 Å². The average Bonchev–Trinajstić information content (AvgIpc) is 2.74. The molecule has 0 amide bonds. The zero-order chi connectivity index (χ0) is 14.5. The summed E-state index contributed by atoms with van der Waals surface area (Å²) in [4.78, 5) is 15.1. The molecule has 0 aliphatic carbocycles. The molecule has 0 unspecified atom stereocenters. The minimum Gasteiger partial charge on any atom is -0.468 e. The highest BCUT2D eigenvalue weighted by atomic mass is 35.5. The maximum Gasteiger partial charge on any atom is 0.389 e. The van der Waals surface area contributed by atoms with E-state index in [9.17, 15) is 18.0 Å². The first-order chi connectivity index (χ1) is 8.81. The molecule has 1 atom stereocenters. The van der Waals surface area contributed by atoms with Crippen LogP contribution in [0.15, 0.2) is 12.5 Å². The topological polar surface area (TPSA) is 70.1 Å². The summed E-state index contributed by atoms with van der Waals surface area (Å²) in [6.45, 7) is 0.222. The molecule has 1 rings (SSSR count). The van der Waals surface area contributed by atoms with Gasteiger partial charge >= 0.3 is 12.1 Å². The number of halogens is 5. The fraction of sp³-hybridized carbons (Fsp3) is 0.636. The normalized spacial score (nSPS) is 12.0. The van der Waals surface area contributed by atoms with E-state index in [0.717, 1.165) is 0 Å². The number of carbonyl (C=O) groups excluding carboxylic acids is 1. The minimum atomic E-state index is -4.14. The van der Waals surface area contributed by atoms with Gasteiger partial charge in [0.05, 0.1) is 19.1 Å². The molecule has 0 saturated heterocycles. The van der Waals surface area contributed by atoms with Crippen molar-refractivity contribution in [3.8, 4) is 0 Å². The lowest BCUT2D eigenvalue weighted by Crippen LogP contribution is -2.33. The Bertz CT molecular complexity index is 427. The lowest BCUT2D eigenvalue weighted by molar-refractivity contribution is -0.142. The summed E-state index contributed by atoms with van der Waals surface area (Å²) in [5.41, 5.74) is 6.10. The van der Waals surface area contributed by atoms with Gasteiger partial charge in [-0.25, -0.2) is 4.98 Å². The summed E-state index contributed by atoms with van der Waals surface area (Å²) in [7, 11) is 1.23. The molecule has 5 nitrogen and oxygen atoms in total. The number of methoxy groups -OCH3 is 1.